The topological polar surface area (TPSA) is 85.5 Å². The minimum atomic E-state index is -2.99. The number of nitro groups is 1. The van der Waals surface area contributed by atoms with Crippen molar-refractivity contribution in [3.8, 4) is 5.75 Å². The summed E-state index contributed by atoms with van der Waals surface area (Å²) in [6, 6.07) is 0.979. The fraction of sp³-hybridized carbons (Fsp3) is 0.375. The molecule has 6 nitrogen and oxygen atoms in total. The van der Waals surface area contributed by atoms with Crippen molar-refractivity contribution in [2.75, 3.05) is 7.11 Å². The van der Waals surface area contributed by atoms with E-state index in [0.29, 0.717) is 0 Å². The molecule has 0 radical (unpaired) electrons. The van der Waals surface area contributed by atoms with Gasteiger partial charge in [0.1, 0.15) is 0 Å². The highest BCUT2D eigenvalue weighted by Crippen LogP contribution is 2.31. The number of hydrogen-bond donors (Lipinski definition) is 1. The van der Waals surface area contributed by atoms with E-state index < -0.39 is 29.5 Å². The summed E-state index contributed by atoms with van der Waals surface area (Å²) in [5.41, 5.74) is -1.01. The highest BCUT2D eigenvalue weighted by Gasteiger charge is 2.27. The summed E-state index contributed by atoms with van der Waals surface area (Å²) >= 11 is 0. The average Bonchev–Trinajstić information content (AvgIpc) is 2.26. The number of halogens is 2. The van der Waals surface area contributed by atoms with E-state index in [2.05, 4.69) is 9.72 Å². The van der Waals surface area contributed by atoms with Crippen LogP contribution in [0, 0.1) is 10.1 Å². The number of aromatic nitrogens is 1. The fourth-order valence-electron chi connectivity index (χ4n) is 1.13. The maximum Gasteiger partial charge on any atom is 0.406 e. The minimum absolute atomic E-state index is 0.197. The highest BCUT2D eigenvalue weighted by atomic mass is 19.3. The first-order valence-electron chi connectivity index (χ1n) is 4.12. The third-order valence-electron chi connectivity index (χ3n) is 1.85. The number of alkyl halides is 2. The molecule has 0 aromatic carbocycles. The third kappa shape index (κ3) is 2.22. The van der Waals surface area contributed by atoms with E-state index in [4.69, 9.17) is 5.11 Å². The molecule has 1 aromatic heterocycles. The first-order valence-corrected chi connectivity index (χ1v) is 4.12. The molecule has 0 saturated carbocycles. The summed E-state index contributed by atoms with van der Waals surface area (Å²) in [7, 11) is 1.15. The van der Waals surface area contributed by atoms with E-state index in [-0.39, 0.29) is 11.3 Å². The summed E-state index contributed by atoms with van der Waals surface area (Å²) in [4.78, 5) is 12.8. The van der Waals surface area contributed by atoms with E-state index in [9.17, 15) is 18.9 Å². The molecule has 1 aromatic rings. The lowest BCUT2D eigenvalue weighted by Gasteiger charge is -2.05. The van der Waals surface area contributed by atoms with Crippen molar-refractivity contribution < 1.29 is 23.5 Å². The molecule has 0 aliphatic heterocycles. The van der Waals surface area contributed by atoms with Crippen LogP contribution >= 0.6 is 0 Å². The van der Waals surface area contributed by atoms with E-state index in [1.807, 2.05) is 0 Å². The lowest BCUT2D eigenvalue weighted by Crippen LogP contribution is -2.05. The molecular weight excluding hydrogens is 226 g/mol. The van der Waals surface area contributed by atoms with Crippen LogP contribution in [0.2, 0.25) is 0 Å². The van der Waals surface area contributed by atoms with Crippen molar-refractivity contribution in [3.05, 3.63) is 27.4 Å². The SMILES string of the molecule is COc1cc(CO)c(C(F)F)nc1[N+](=O)[O-]. The molecule has 0 unspecified atom stereocenters. The number of pyridine rings is 1. The Kier molecular flexibility index (Phi) is 3.67. The van der Waals surface area contributed by atoms with Crippen LogP contribution in [-0.2, 0) is 6.61 Å². The summed E-state index contributed by atoms with van der Waals surface area (Å²) in [6.07, 6.45) is -2.99. The monoisotopic (exact) mass is 234 g/mol. The van der Waals surface area contributed by atoms with Gasteiger partial charge in [0.25, 0.3) is 0 Å². The normalized spacial score (nSPS) is 10.6. The zero-order chi connectivity index (χ0) is 12.3. The Labute approximate surface area is 88.6 Å². The maximum atomic E-state index is 12.5. The van der Waals surface area contributed by atoms with Gasteiger partial charge in [-0.15, -0.1) is 0 Å². The lowest BCUT2D eigenvalue weighted by atomic mass is 10.2. The van der Waals surface area contributed by atoms with Crippen LogP contribution in [0.15, 0.2) is 6.07 Å². The number of aliphatic hydroxyl groups is 1. The van der Waals surface area contributed by atoms with Gasteiger partial charge in [0.05, 0.1) is 13.7 Å². The Hall–Kier alpha value is -1.83. The van der Waals surface area contributed by atoms with Gasteiger partial charge in [-0.3, -0.25) is 0 Å². The number of ether oxygens (including phenoxy) is 1. The van der Waals surface area contributed by atoms with Crippen molar-refractivity contribution in [2.24, 2.45) is 0 Å². The van der Waals surface area contributed by atoms with Crippen LogP contribution in [0.4, 0.5) is 14.6 Å². The molecule has 0 aliphatic rings. The minimum Gasteiger partial charge on any atom is -0.489 e. The molecule has 0 aliphatic carbocycles. The molecule has 1 rings (SSSR count). The van der Waals surface area contributed by atoms with Crippen molar-refractivity contribution in [1.29, 1.82) is 0 Å². The molecule has 16 heavy (non-hydrogen) atoms. The van der Waals surface area contributed by atoms with Gasteiger partial charge in [0, 0.05) is 5.56 Å². The molecule has 0 bridgehead atoms. The van der Waals surface area contributed by atoms with E-state index in [1.54, 1.807) is 0 Å². The Morgan fingerprint density at radius 1 is 1.69 bits per heavy atom. The Balaban J connectivity index is 3.40. The Morgan fingerprint density at radius 2 is 2.31 bits per heavy atom. The van der Waals surface area contributed by atoms with Crippen LogP contribution in [0.5, 0.6) is 5.75 Å². The smallest absolute Gasteiger partial charge is 0.406 e. The van der Waals surface area contributed by atoms with Crippen LogP contribution in [0.1, 0.15) is 17.7 Å². The zero-order valence-electron chi connectivity index (χ0n) is 8.18. The summed E-state index contributed by atoms with van der Waals surface area (Å²) in [5, 5.41) is 19.3. The first kappa shape index (κ1) is 12.2. The van der Waals surface area contributed by atoms with Gasteiger partial charge >= 0.3 is 12.2 Å². The molecular formula is C8H8F2N2O4. The lowest BCUT2D eigenvalue weighted by molar-refractivity contribution is -0.390. The van der Waals surface area contributed by atoms with Crippen LogP contribution in [0.3, 0.4) is 0 Å². The van der Waals surface area contributed by atoms with Gasteiger partial charge in [-0.25, -0.2) is 8.78 Å². The predicted octanol–water partition coefficient (Wildman–Crippen LogP) is 1.43. The van der Waals surface area contributed by atoms with Crippen LogP contribution in [0.25, 0.3) is 0 Å². The van der Waals surface area contributed by atoms with Gasteiger partial charge in [-0.1, -0.05) is 0 Å². The molecule has 88 valence electrons. The van der Waals surface area contributed by atoms with Crippen molar-refractivity contribution in [2.45, 2.75) is 13.0 Å². The quantitative estimate of drug-likeness (QED) is 0.629. The first-order chi connectivity index (χ1) is 7.51. The number of methoxy groups -OCH3 is 1. The Bertz CT molecular complexity index is 411. The number of hydrogen-bond acceptors (Lipinski definition) is 5. The summed E-state index contributed by atoms with van der Waals surface area (Å²) < 4.78 is 29.5. The second-order valence-corrected chi connectivity index (χ2v) is 2.77. The van der Waals surface area contributed by atoms with Gasteiger partial charge in [-0.2, -0.15) is 0 Å². The molecule has 1 heterocycles. The largest absolute Gasteiger partial charge is 0.489 e. The van der Waals surface area contributed by atoms with Gasteiger partial charge < -0.3 is 20.0 Å². The highest BCUT2D eigenvalue weighted by molar-refractivity contribution is 5.44. The zero-order valence-corrected chi connectivity index (χ0v) is 8.18. The summed E-state index contributed by atoms with van der Waals surface area (Å²) in [6.45, 7) is -0.693. The maximum absolute atomic E-state index is 12.5. The van der Waals surface area contributed by atoms with Crippen molar-refractivity contribution >= 4 is 5.82 Å². The fourth-order valence-corrected chi connectivity index (χ4v) is 1.13. The standard InChI is InChI=1S/C8H8F2N2O4/c1-16-5-2-4(3-13)6(7(9)10)11-8(5)12(14)15/h2,7,13H,3H2,1H3. The van der Waals surface area contributed by atoms with Crippen molar-refractivity contribution in [3.63, 3.8) is 0 Å². The Morgan fingerprint density at radius 3 is 2.69 bits per heavy atom. The van der Waals surface area contributed by atoms with E-state index in [0.717, 1.165) is 13.2 Å². The third-order valence-corrected chi connectivity index (χ3v) is 1.85. The van der Waals surface area contributed by atoms with E-state index >= 15 is 0 Å². The molecule has 8 heteroatoms. The molecule has 1 N–H and O–H groups in total. The predicted molar refractivity (Wildman–Crippen MR) is 48.3 cm³/mol. The van der Waals surface area contributed by atoms with Crippen LogP contribution < -0.4 is 4.74 Å². The molecule has 0 atom stereocenters. The van der Waals surface area contributed by atoms with Gasteiger partial charge in [0.15, 0.2) is 0 Å². The van der Waals surface area contributed by atoms with E-state index in [1.165, 1.54) is 0 Å². The van der Waals surface area contributed by atoms with Crippen LogP contribution in [-0.4, -0.2) is 22.1 Å². The molecule has 0 amide bonds. The van der Waals surface area contributed by atoms with Gasteiger partial charge in [0.2, 0.25) is 11.4 Å². The number of rotatable bonds is 4. The molecule has 0 spiro atoms. The second-order valence-electron chi connectivity index (χ2n) is 2.77. The molecule has 0 saturated heterocycles. The average molecular weight is 234 g/mol. The molecule has 0 fully saturated rings. The second kappa shape index (κ2) is 4.79. The van der Waals surface area contributed by atoms with Crippen molar-refractivity contribution in [1.82, 2.24) is 4.98 Å². The van der Waals surface area contributed by atoms with Gasteiger partial charge in [-0.05, 0) is 16.0 Å². The number of aliphatic hydroxyl groups excluding tert-OH is 1. The summed E-state index contributed by atoms with van der Waals surface area (Å²) in [5.74, 6) is -1.06. The number of nitrogens with zero attached hydrogens (tertiary/aromatic N) is 2.